The number of carbonyl (C=O) groups is 3. The number of hydrogen-bond acceptors (Lipinski definition) is 8. The Morgan fingerprint density at radius 3 is 2.86 bits per heavy atom. The lowest BCUT2D eigenvalue weighted by Crippen LogP contribution is -2.31. The molecule has 7 rings (SSSR count). The van der Waals surface area contributed by atoms with Crippen molar-refractivity contribution >= 4 is 56.8 Å². The van der Waals surface area contributed by atoms with E-state index >= 15 is 0 Å². The number of imidazole rings is 1. The molecule has 11 nitrogen and oxygen atoms in total. The summed E-state index contributed by atoms with van der Waals surface area (Å²) >= 11 is 7.78. The van der Waals surface area contributed by atoms with Gasteiger partial charge in [0.25, 0.3) is 11.8 Å². The standard InChI is InChI=1S/C28H20ClFN8O3S/c29-18-8-7-14(30)10-17(18)28-11-20(28)33-21(39)13-38-23(28)24(34-25(38)27(41)31-12-15-4-3-9-32-36-15)35-26(40)22-16-5-1-2-6-19(16)42-37-22/h1-10,20H,11-13H2,(H,31,41)(H,33,39)(H,35,40)/t20?,28-/m0/s1. The number of benzene rings is 2. The monoisotopic (exact) mass is 602 g/mol. The minimum absolute atomic E-state index is 0.0526. The van der Waals surface area contributed by atoms with Gasteiger partial charge in [0.15, 0.2) is 5.82 Å². The first-order valence-electron chi connectivity index (χ1n) is 12.9. The van der Waals surface area contributed by atoms with Crippen molar-refractivity contribution in [3.05, 3.63) is 100 Å². The first-order chi connectivity index (χ1) is 20.3. The quantitative estimate of drug-likeness (QED) is 0.270. The normalized spacial score (nSPS) is 18.9. The molecular weight excluding hydrogens is 583 g/mol. The Balaban J connectivity index is 1.36. The third-order valence-electron chi connectivity index (χ3n) is 7.48. The molecule has 1 aliphatic heterocycles. The van der Waals surface area contributed by atoms with Crippen molar-refractivity contribution in [2.75, 3.05) is 5.32 Å². The third kappa shape index (κ3) is 4.28. The SMILES string of the molecule is O=C1Cn2c(C(=O)NCc3cccnn3)nc(NC(=O)c3nsc4ccccc34)c2[C@]2(c3cc(F)ccc3Cl)CC2N1. The van der Waals surface area contributed by atoms with E-state index in [4.69, 9.17) is 11.6 Å². The average molecular weight is 603 g/mol. The topological polar surface area (TPSA) is 144 Å². The highest BCUT2D eigenvalue weighted by Gasteiger charge is 2.63. The summed E-state index contributed by atoms with van der Waals surface area (Å²) in [5.74, 6) is -2.08. The molecule has 1 unspecified atom stereocenters. The Hall–Kier alpha value is -4.75. The van der Waals surface area contributed by atoms with Crippen LogP contribution in [0.4, 0.5) is 10.2 Å². The van der Waals surface area contributed by atoms with E-state index in [-0.39, 0.29) is 41.4 Å². The Bertz CT molecular complexity index is 1910. The molecule has 1 saturated carbocycles. The van der Waals surface area contributed by atoms with Gasteiger partial charge in [0.2, 0.25) is 11.7 Å². The average Bonchev–Trinajstić information content (AvgIpc) is 3.36. The summed E-state index contributed by atoms with van der Waals surface area (Å²) < 4.78 is 21.2. The van der Waals surface area contributed by atoms with Crippen LogP contribution in [0.3, 0.4) is 0 Å². The van der Waals surface area contributed by atoms with Crippen LogP contribution in [0.5, 0.6) is 0 Å². The van der Waals surface area contributed by atoms with Crippen molar-refractivity contribution in [2.24, 2.45) is 0 Å². The summed E-state index contributed by atoms with van der Waals surface area (Å²) in [6.07, 6.45) is 1.87. The van der Waals surface area contributed by atoms with Crippen LogP contribution in [0.15, 0.2) is 60.8 Å². The molecule has 14 heteroatoms. The maximum Gasteiger partial charge on any atom is 0.287 e. The van der Waals surface area contributed by atoms with Gasteiger partial charge in [-0.05, 0) is 59.9 Å². The lowest BCUT2D eigenvalue weighted by atomic mass is 9.90. The molecule has 3 amide bonds. The molecule has 210 valence electrons. The molecule has 1 fully saturated rings. The first-order valence-corrected chi connectivity index (χ1v) is 14.1. The molecule has 2 aliphatic rings. The van der Waals surface area contributed by atoms with E-state index < -0.39 is 29.1 Å². The van der Waals surface area contributed by atoms with E-state index in [9.17, 15) is 18.8 Å². The maximum atomic E-state index is 14.6. The summed E-state index contributed by atoms with van der Waals surface area (Å²) in [7, 11) is 0. The molecule has 0 saturated heterocycles. The molecule has 2 atom stereocenters. The molecular formula is C28H20ClFN8O3S. The largest absolute Gasteiger partial charge is 0.350 e. The van der Waals surface area contributed by atoms with Gasteiger partial charge in [0, 0.05) is 22.6 Å². The molecule has 1 aliphatic carbocycles. The lowest BCUT2D eigenvalue weighted by Gasteiger charge is -2.21. The highest BCUT2D eigenvalue weighted by Crippen LogP contribution is 2.58. The fourth-order valence-electron chi connectivity index (χ4n) is 5.56. The molecule has 3 N–H and O–H groups in total. The van der Waals surface area contributed by atoms with Crippen molar-refractivity contribution in [1.29, 1.82) is 0 Å². The van der Waals surface area contributed by atoms with E-state index in [1.807, 2.05) is 18.2 Å². The molecule has 4 heterocycles. The van der Waals surface area contributed by atoms with E-state index in [0.717, 1.165) is 4.70 Å². The number of aromatic nitrogens is 5. The number of nitrogens with one attached hydrogen (secondary N) is 3. The fourth-order valence-corrected chi connectivity index (χ4v) is 6.62. The van der Waals surface area contributed by atoms with Crippen LogP contribution < -0.4 is 16.0 Å². The van der Waals surface area contributed by atoms with Crippen LogP contribution in [-0.4, -0.2) is 47.9 Å². The highest BCUT2D eigenvalue weighted by atomic mass is 35.5. The number of carbonyl (C=O) groups excluding carboxylic acids is 3. The molecule has 42 heavy (non-hydrogen) atoms. The van der Waals surface area contributed by atoms with E-state index in [2.05, 4.69) is 35.5 Å². The Kier molecular flexibility index (Phi) is 6.21. The smallest absolute Gasteiger partial charge is 0.287 e. The van der Waals surface area contributed by atoms with Gasteiger partial charge < -0.3 is 20.5 Å². The van der Waals surface area contributed by atoms with Crippen molar-refractivity contribution in [2.45, 2.75) is 31.0 Å². The van der Waals surface area contributed by atoms with Crippen LogP contribution in [0.1, 0.15) is 44.5 Å². The van der Waals surface area contributed by atoms with Gasteiger partial charge in [-0.2, -0.15) is 14.6 Å². The second-order valence-corrected chi connectivity index (χ2v) is 11.2. The number of halogens is 2. The van der Waals surface area contributed by atoms with Gasteiger partial charge in [-0.1, -0.05) is 29.8 Å². The van der Waals surface area contributed by atoms with Crippen molar-refractivity contribution in [1.82, 2.24) is 34.8 Å². The minimum atomic E-state index is -1.05. The zero-order valence-corrected chi connectivity index (χ0v) is 23.2. The van der Waals surface area contributed by atoms with Gasteiger partial charge in [-0.25, -0.2) is 9.37 Å². The van der Waals surface area contributed by atoms with E-state index in [0.29, 0.717) is 28.8 Å². The number of anilines is 1. The number of fused-ring (bicyclic) bond motifs is 4. The number of rotatable bonds is 6. The molecule has 0 radical (unpaired) electrons. The first kappa shape index (κ1) is 26.2. The van der Waals surface area contributed by atoms with Gasteiger partial charge in [-0.3, -0.25) is 14.4 Å². The molecule has 0 spiro atoms. The van der Waals surface area contributed by atoms with Crippen LogP contribution >= 0.6 is 23.1 Å². The predicted octanol–water partition coefficient (Wildman–Crippen LogP) is 3.45. The second kappa shape index (κ2) is 9.96. The van der Waals surface area contributed by atoms with Crippen LogP contribution in [0.25, 0.3) is 10.1 Å². The van der Waals surface area contributed by atoms with Crippen LogP contribution in [0.2, 0.25) is 5.02 Å². The van der Waals surface area contributed by atoms with Crippen molar-refractivity contribution < 1.29 is 18.8 Å². The van der Waals surface area contributed by atoms with Crippen molar-refractivity contribution in [3.8, 4) is 0 Å². The van der Waals surface area contributed by atoms with Gasteiger partial charge >= 0.3 is 0 Å². The zero-order chi connectivity index (χ0) is 29.0. The second-order valence-electron chi connectivity index (χ2n) is 10.0. The van der Waals surface area contributed by atoms with Crippen LogP contribution in [-0.2, 0) is 23.3 Å². The summed E-state index contributed by atoms with van der Waals surface area (Å²) in [5.41, 5.74) is 0.447. The summed E-state index contributed by atoms with van der Waals surface area (Å²) in [4.78, 5) is 44.7. The van der Waals surface area contributed by atoms with E-state index in [1.54, 1.807) is 18.2 Å². The number of hydrogen-bond donors (Lipinski definition) is 3. The zero-order valence-electron chi connectivity index (χ0n) is 21.6. The lowest BCUT2D eigenvalue weighted by molar-refractivity contribution is -0.121. The number of nitrogens with zero attached hydrogens (tertiary/aromatic N) is 5. The molecule has 2 aromatic carbocycles. The summed E-state index contributed by atoms with van der Waals surface area (Å²) in [6, 6.07) is 14.2. The van der Waals surface area contributed by atoms with Crippen LogP contribution in [0, 0.1) is 5.82 Å². The van der Waals surface area contributed by atoms with Gasteiger partial charge in [0.05, 0.1) is 28.0 Å². The van der Waals surface area contributed by atoms with Gasteiger partial charge in [-0.15, -0.1) is 0 Å². The Morgan fingerprint density at radius 1 is 1.17 bits per heavy atom. The van der Waals surface area contributed by atoms with E-state index in [1.165, 1.54) is 40.5 Å². The summed E-state index contributed by atoms with van der Waals surface area (Å²) in [6.45, 7) is -0.200. The molecule has 3 aromatic heterocycles. The number of amides is 3. The molecule has 5 aromatic rings. The highest BCUT2D eigenvalue weighted by molar-refractivity contribution is 7.13. The maximum absolute atomic E-state index is 14.6. The summed E-state index contributed by atoms with van der Waals surface area (Å²) in [5, 5.41) is 17.3. The minimum Gasteiger partial charge on any atom is -0.350 e. The Morgan fingerprint density at radius 2 is 2.02 bits per heavy atom. The van der Waals surface area contributed by atoms with Crippen molar-refractivity contribution in [3.63, 3.8) is 0 Å². The fraction of sp³-hybridized carbons (Fsp3) is 0.179. The molecule has 0 bridgehead atoms. The third-order valence-corrected chi connectivity index (χ3v) is 8.64. The predicted molar refractivity (Wildman–Crippen MR) is 152 cm³/mol. The van der Waals surface area contributed by atoms with Gasteiger partial charge in [0.1, 0.15) is 18.1 Å². The Labute approximate surface area is 246 Å².